The van der Waals surface area contributed by atoms with Crippen molar-refractivity contribution in [3.63, 3.8) is 0 Å². The fourth-order valence-corrected chi connectivity index (χ4v) is 2.05. The zero-order valence-electron chi connectivity index (χ0n) is 11.0. The summed E-state index contributed by atoms with van der Waals surface area (Å²) in [7, 11) is 0. The number of nitrogens with two attached hydrogens (primary N) is 1. The van der Waals surface area contributed by atoms with Crippen molar-refractivity contribution in [2.24, 2.45) is 0 Å². The molecule has 1 aromatic heterocycles. The van der Waals surface area contributed by atoms with E-state index in [1.54, 1.807) is 0 Å². The van der Waals surface area contributed by atoms with E-state index in [0.29, 0.717) is 5.82 Å². The van der Waals surface area contributed by atoms with Crippen LogP contribution in [0.5, 0.6) is 0 Å². The summed E-state index contributed by atoms with van der Waals surface area (Å²) < 4.78 is 0. The van der Waals surface area contributed by atoms with Crippen molar-refractivity contribution in [3.8, 4) is 0 Å². The minimum atomic E-state index is 0.627. The van der Waals surface area contributed by atoms with Crippen molar-refractivity contribution in [3.05, 3.63) is 53.0 Å². The number of benzene rings is 1. The first-order chi connectivity index (χ1) is 8.74. The number of rotatable bonds is 4. The third-order valence-corrected chi connectivity index (χ3v) is 3.05. The first-order valence-corrected chi connectivity index (χ1v) is 6.42. The molecule has 2 aromatic rings. The molecule has 18 heavy (non-hydrogen) atoms. The van der Waals surface area contributed by atoms with E-state index in [-0.39, 0.29) is 0 Å². The first kappa shape index (κ1) is 12.6. The summed E-state index contributed by atoms with van der Waals surface area (Å²) in [5.74, 6) is 1.46. The van der Waals surface area contributed by atoms with Gasteiger partial charge < -0.3 is 5.73 Å². The van der Waals surface area contributed by atoms with Gasteiger partial charge in [0.05, 0.1) is 0 Å². The lowest BCUT2D eigenvalue weighted by Gasteiger charge is -2.11. The molecule has 0 aliphatic heterocycles. The average Bonchev–Trinajstić information content (AvgIpc) is 2.42. The van der Waals surface area contributed by atoms with Crippen molar-refractivity contribution in [1.29, 1.82) is 0 Å². The lowest BCUT2D eigenvalue weighted by atomic mass is 10.0. The maximum Gasteiger partial charge on any atom is 0.130 e. The molecule has 0 fully saturated rings. The zero-order valence-corrected chi connectivity index (χ0v) is 11.0. The van der Waals surface area contributed by atoms with Crippen molar-refractivity contribution < 1.29 is 0 Å². The molecule has 1 aromatic carbocycles. The molecule has 1 heterocycles. The van der Waals surface area contributed by atoms with Crippen LogP contribution in [0.25, 0.3) is 0 Å². The van der Waals surface area contributed by atoms with Gasteiger partial charge in [0.1, 0.15) is 11.6 Å². The number of hydrogen-bond donors (Lipinski definition) is 1. The van der Waals surface area contributed by atoms with Crippen LogP contribution in [0.4, 0.5) is 5.82 Å². The molecule has 0 saturated heterocycles. The van der Waals surface area contributed by atoms with Crippen LogP contribution in [0.1, 0.15) is 36.5 Å². The molecule has 2 N–H and O–H groups in total. The van der Waals surface area contributed by atoms with Gasteiger partial charge in [0.15, 0.2) is 0 Å². The highest BCUT2D eigenvalue weighted by atomic mass is 15.0. The van der Waals surface area contributed by atoms with Crippen molar-refractivity contribution >= 4 is 5.82 Å². The van der Waals surface area contributed by atoms with Gasteiger partial charge in [-0.3, -0.25) is 0 Å². The molecule has 94 valence electrons. The molecule has 0 atom stereocenters. The van der Waals surface area contributed by atoms with Gasteiger partial charge in [-0.2, -0.15) is 0 Å². The first-order valence-electron chi connectivity index (χ1n) is 6.42. The summed E-state index contributed by atoms with van der Waals surface area (Å²) in [5, 5.41) is 0. The van der Waals surface area contributed by atoms with Crippen LogP contribution in [0.3, 0.4) is 0 Å². The van der Waals surface area contributed by atoms with Gasteiger partial charge in [-0.15, -0.1) is 0 Å². The second kappa shape index (κ2) is 5.63. The van der Waals surface area contributed by atoms with E-state index in [9.17, 15) is 0 Å². The zero-order chi connectivity index (χ0) is 13.0. The predicted molar refractivity (Wildman–Crippen MR) is 74.4 cm³/mol. The standard InChI is InChI=1S/C15H19N3/c1-3-13-12(10-11-8-6-5-7-9-11)15(16)18-14(4-2)17-13/h5-9H,3-4,10H2,1-2H3,(H2,16,17,18). The van der Waals surface area contributed by atoms with E-state index < -0.39 is 0 Å². The number of nitrogen functional groups attached to an aromatic ring is 1. The third-order valence-electron chi connectivity index (χ3n) is 3.05. The summed E-state index contributed by atoms with van der Waals surface area (Å²) in [5.41, 5.74) is 9.46. The smallest absolute Gasteiger partial charge is 0.130 e. The summed E-state index contributed by atoms with van der Waals surface area (Å²) in [6, 6.07) is 10.3. The lowest BCUT2D eigenvalue weighted by molar-refractivity contribution is 0.867. The molecule has 0 unspecified atom stereocenters. The molecule has 0 saturated carbocycles. The van der Waals surface area contributed by atoms with Gasteiger partial charge in [0, 0.05) is 24.1 Å². The Morgan fingerprint density at radius 2 is 1.72 bits per heavy atom. The van der Waals surface area contributed by atoms with E-state index in [0.717, 1.165) is 36.3 Å². The van der Waals surface area contributed by atoms with Gasteiger partial charge >= 0.3 is 0 Å². The molecule has 3 nitrogen and oxygen atoms in total. The molecule has 0 aliphatic rings. The summed E-state index contributed by atoms with van der Waals surface area (Å²) in [4.78, 5) is 8.94. The number of aryl methyl sites for hydroxylation is 2. The van der Waals surface area contributed by atoms with Crippen LogP contribution < -0.4 is 5.73 Å². The Morgan fingerprint density at radius 1 is 1.00 bits per heavy atom. The molecular formula is C15H19N3. The van der Waals surface area contributed by atoms with Crippen LogP contribution in [-0.2, 0) is 19.3 Å². The number of nitrogens with zero attached hydrogens (tertiary/aromatic N) is 2. The highest BCUT2D eigenvalue weighted by Crippen LogP contribution is 2.19. The van der Waals surface area contributed by atoms with E-state index in [2.05, 4.69) is 29.0 Å². The fourth-order valence-electron chi connectivity index (χ4n) is 2.05. The van der Waals surface area contributed by atoms with Crippen LogP contribution in [0.2, 0.25) is 0 Å². The highest BCUT2D eigenvalue weighted by Gasteiger charge is 2.10. The Balaban J connectivity index is 2.38. The summed E-state index contributed by atoms with van der Waals surface area (Å²) in [6.45, 7) is 4.15. The Bertz CT molecular complexity index is 521. The minimum absolute atomic E-state index is 0.627. The Kier molecular flexibility index (Phi) is 3.92. The SMILES string of the molecule is CCc1nc(N)c(Cc2ccccc2)c(CC)n1. The monoisotopic (exact) mass is 241 g/mol. The van der Waals surface area contributed by atoms with E-state index >= 15 is 0 Å². The quantitative estimate of drug-likeness (QED) is 0.895. The molecular weight excluding hydrogens is 222 g/mol. The lowest BCUT2D eigenvalue weighted by Crippen LogP contribution is -2.09. The molecule has 2 rings (SSSR count). The van der Waals surface area contributed by atoms with Crippen LogP contribution >= 0.6 is 0 Å². The van der Waals surface area contributed by atoms with E-state index in [1.165, 1.54) is 5.56 Å². The van der Waals surface area contributed by atoms with Crippen LogP contribution in [-0.4, -0.2) is 9.97 Å². The Labute approximate surface area is 108 Å². The fraction of sp³-hybridized carbons (Fsp3) is 0.333. The topological polar surface area (TPSA) is 51.8 Å². The maximum atomic E-state index is 6.07. The molecule has 0 spiro atoms. The molecule has 0 radical (unpaired) electrons. The van der Waals surface area contributed by atoms with Gasteiger partial charge in [-0.1, -0.05) is 44.2 Å². The molecule has 3 heteroatoms. The van der Waals surface area contributed by atoms with Gasteiger partial charge in [0.25, 0.3) is 0 Å². The number of aromatic nitrogens is 2. The van der Waals surface area contributed by atoms with Crippen molar-refractivity contribution in [1.82, 2.24) is 9.97 Å². The molecule has 0 amide bonds. The van der Waals surface area contributed by atoms with Gasteiger partial charge in [0.2, 0.25) is 0 Å². The summed E-state index contributed by atoms with van der Waals surface area (Å²) in [6.07, 6.45) is 2.52. The largest absolute Gasteiger partial charge is 0.383 e. The van der Waals surface area contributed by atoms with Crippen LogP contribution in [0.15, 0.2) is 30.3 Å². The third kappa shape index (κ3) is 2.67. The average molecular weight is 241 g/mol. The summed E-state index contributed by atoms with van der Waals surface area (Å²) >= 11 is 0. The van der Waals surface area contributed by atoms with E-state index in [1.807, 2.05) is 25.1 Å². The molecule has 0 aliphatic carbocycles. The Hall–Kier alpha value is -1.90. The van der Waals surface area contributed by atoms with Gasteiger partial charge in [-0.05, 0) is 12.0 Å². The predicted octanol–water partition coefficient (Wildman–Crippen LogP) is 2.77. The minimum Gasteiger partial charge on any atom is -0.383 e. The maximum absolute atomic E-state index is 6.07. The Morgan fingerprint density at radius 3 is 2.33 bits per heavy atom. The second-order valence-corrected chi connectivity index (χ2v) is 4.32. The van der Waals surface area contributed by atoms with Crippen LogP contribution in [0, 0.1) is 0 Å². The normalized spacial score (nSPS) is 10.6. The molecule has 0 bridgehead atoms. The van der Waals surface area contributed by atoms with Crippen molar-refractivity contribution in [2.75, 3.05) is 5.73 Å². The number of anilines is 1. The highest BCUT2D eigenvalue weighted by molar-refractivity contribution is 5.45. The van der Waals surface area contributed by atoms with Crippen molar-refractivity contribution in [2.45, 2.75) is 33.1 Å². The van der Waals surface area contributed by atoms with E-state index in [4.69, 9.17) is 5.73 Å². The second-order valence-electron chi connectivity index (χ2n) is 4.32. The van der Waals surface area contributed by atoms with Gasteiger partial charge in [-0.25, -0.2) is 9.97 Å². The number of hydrogen-bond acceptors (Lipinski definition) is 3.